The molecule has 0 bridgehead atoms. The van der Waals surface area contributed by atoms with Crippen molar-refractivity contribution in [2.24, 2.45) is 0 Å². The van der Waals surface area contributed by atoms with Gasteiger partial charge in [-0.15, -0.1) is 0 Å². The summed E-state index contributed by atoms with van der Waals surface area (Å²) in [6.45, 7) is 6.10. The van der Waals surface area contributed by atoms with E-state index in [1.54, 1.807) is 19.1 Å². The molecule has 0 aliphatic rings. The first-order valence-electron chi connectivity index (χ1n) is 6.20. The van der Waals surface area contributed by atoms with Crippen LogP contribution in [0.15, 0.2) is 24.3 Å². The van der Waals surface area contributed by atoms with Crippen molar-refractivity contribution in [2.45, 2.75) is 39.3 Å². The number of benzene rings is 1. The lowest BCUT2D eigenvalue weighted by molar-refractivity contribution is -0.143. The summed E-state index contributed by atoms with van der Waals surface area (Å²) in [6, 6.07) is 6.43. The van der Waals surface area contributed by atoms with Gasteiger partial charge in [0.25, 0.3) is 0 Å². The normalized spacial score (nSPS) is 14.0. The molecule has 0 fully saturated rings. The maximum absolute atomic E-state index is 12.8. The van der Waals surface area contributed by atoms with Crippen LogP contribution in [0.3, 0.4) is 0 Å². The summed E-state index contributed by atoms with van der Waals surface area (Å²) in [5.41, 5.74) is 0.993. The Morgan fingerprint density at radius 1 is 1.33 bits per heavy atom. The van der Waals surface area contributed by atoms with Gasteiger partial charge in [0, 0.05) is 12.1 Å². The predicted molar refractivity (Wildman–Crippen MR) is 68.7 cm³/mol. The van der Waals surface area contributed by atoms with Gasteiger partial charge in [0.2, 0.25) is 0 Å². The molecule has 1 unspecified atom stereocenters. The van der Waals surface area contributed by atoms with E-state index < -0.39 is 0 Å². The van der Waals surface area contributed by atoms with Crippen LogP contribution in [0.1, 0.15) is 38.8 Å². The number of hydrogen-bond acceptors (Lipinski definition) is 3. The molecule has 100 valence electrons. The molecule has 0 saturated carbocycles. The molecule has 1 rings (SSSR count). The summed E-state index contributed by atoms with van der Waals surface area (Å²) < 4.78 is 17.7. The Bertz CT molecular complexity index is 378. The van der Waals surface area contributed by atoms with Gasteiger partial charge < -0.3 is 10.1 Å². The SMILES string of the molecule is CCOC(=O)CC(C)N[C@H](C)c1ccc(F)cc1. The van der Waals surface area contributed by atoms with Gasteiger partial charge in [-0.1, -0.05) is 12.1 Å². The highest BCUT2D eigenvalue weighted by atomic mass is 19.1. The smallest absolute Gasteiger partial charge is 0.307 e. The van der Waals surface area contributed by atoms with E-state index in [1.165, 1.54) is 12.1 Å². The minimum absolute atomic E-state index is 0.0177. The summed E-state index contributed by atoms with van der Waals surface area (Å²) in [6.07, 6.45) is 0.333. The second kappa shape index (κ2) is 7.11. The van der Waals surface area contributed by atoms with Gasteiger partial charge in [-0.05, 0) is 38.5 Å². The molecule has 1 aromatic carbocycles. The number of carbonyl (C=O) groups is 1. The van der Waals surface area contributed by atoms with Crippen LogP contribution >= 0.6 is 0 Å². The molecule has 0 aliphatic carbocycles. The average Bonchev–Trinajstić information content (AvgIpc) is 2.29. The molecule has 0 aromatic heterocycles. The molecule has 0 spiro atoms. The van der Waals surface area contributed by atoms with Crippen molar-refractivity contribution in [3.05, 3.63) is 35.6 Å². The zero-order valence-electron chi connectivity index (χ0n) is 11.1. The van der Waals surface area contributed by atoms with E-state index in [1.807, 2.05) is 13.8 Å². The van der Waals surface area contributed by atoms with E-state index in [0.29, 0.717) is 13.0 Å². The summed E-state index contributed by atoms with van der Waals surface area (Å²) in [4.78, 5) is 11.3. The third-order valence-electron chi connectivity index (χ3n) is 2.68. The zero-order valence-corrected chi connectivity index (χ0v) is 11.1. The van der Waals surface area contributed by atoms with Crippen LogP contribution in [0.25, 0.3) is 0 Å². The maximum Gasteiger partial charge on any atom is 0.307 e. The number of halogens is 1. The van der Waals surface area contributed by atoms with Crippen molar-refractivity contribution in [3.63, 3.8) is 0 Å². The van der Waals surface area contributed by atoms with Gasteiger partial charge in [-0.3, -0.25) is 4.79 Å². The number of hydrogen-bond donors (Lipinski definition) is 1. The lowest BCUT2D eigenvalue weighted by atomic mass is 10.1. The lowest BCUT2D eigenvalue weighted by Gasteiger charge is -2.19. The van der Waals surface area contributed by atoms with Crippen molar-refractivity contribution in [2.75, 3.05) is 6.61 Å². The summed E-state index contributed by atoms with van der Waals surface area (Å²) in [5, 5.41) is 3.28. The van der Waals surface area contributed by atoms with Crippen LogP contribution in [-0.4, -0.2) is 18.6 Å². The summed E-state index contributed by atoms with van der Waals surface area (Å²) in [7, 11) is 0. The highest BCUT2D eigenvalue weighted by molar-refractivity contribution is 5.70. The third-order valence-corrected chi connectivity index (χ3v) is 2.68. The minimum atomic E-state index is -0.245. The maximum atomic E-state index is 12.8. The highest BCUT2D eigenvalue weighted by Crippen LogP contribution is 2.14. The molecule has 1 aromatic rings. The molecule has 3 nitrogen and oxygen atoms in total. The van der Waals surface area contributed by atoms with E-state index in [2.05, 4.69) is 5.32 Å². The van der Waals surface area contributed by atoms with E-state index in [4.69, 9.17) is 4.74 Å². The van der Waals surface area contributed by atoms with Crippen molar-refractivity contribution in [1.82, 2.24) is 5.32 Å². The minimum Gasteiger partial charge on any atom is -0.466 e. The Morgan fingerprint density at radius 3 is 2.50 bits per heavy atom. The molecule has 4 heteroatoms. The van der Waals surface area contributed by atoms with Crippen LogP contribution in [0.5, 0.6) is 0 Å². The first-order valence-corrected chi connectivity index (χ1v) is 6.20. The van der Waals surface area contributed by atoms with E-state index in [0.717, 1.165) is 5.56 Å². The van der Waals surface area contributed by atoms with Crippen LogP contribution in [0.4, 0.5) is 4.39 Å². The second-order valence-electron chi connectivity index (χ2n) is 4.35. The Kier molecular flexibility index (Phi) is 5.78. The van der Waals surface area contributed by atoms with Gasteiger partial charge >= 0.3 is 5.97 Å². The van der Waals surface area contributed by atoms with E-state index in [9.17, 15) is 9.18 Å². The number of esters is 1. The van der Waals surface area contributed by atoms with Gasteiger partial charge in [0.05, 0.1) is 13.0 Å². The highest BCUT2D eigenvalue weighted by Gasteiger charge is 2.13. The van der Waals surface area contributed by atoms with E-state index in [-0.39, 0.29) is 23.9 Å². The molecular formula is C14H20FNO2. The Morgan fingerprint density at radius 2 is 1.94 bits per heavy atom. The molecular weight excluding hydrogens is 233 g/mol. The monoisotopic (exact) mass is 253 g/mol. The first-order chi connectivity index (χ1) is 8.52. The lowest BCUT2D eigenvalue weighted by Crippen LogP contribution is -2.31. The number of ether oxygens (including phenoxy) is 1. The molecule has 2 atom stereocenters. The van der Waals surface area contributed by atoms with Crippen LogP contribution < -0.4 is 5.32 Å². The van der Waals surface area contributed by atoms with Crippen molar-refractivity contribution < 1.29 is 13.9 Å². The van der Waals surface area contributed by atoms with Gasteiger partial charge in [0.15, 0.2) is 0 Å². The number of nitrogens with one attached hydrogen (secondary N) is 1. The van der Waals surface area contributed by atoms with Gasteiger partial charge in [0.1, 0.15) is 5.82 Å². The molecule has 18 heavy (non-hydrogen) atoms. The molecule has 0 amide bonds. The summed E-state index contributed by atoms with van der Waals surface area (Å²) >= 11 is 0. The molecule has 1 N–H and O–H groups in total. The van der Waals surface area contributed by atoms with E-state index >= 15 is 0 Å². The van der Waals surface area contributed by atoms with Crippen LogP contribution in [0.2, 0.25) is 0 Å². The number of rotatable bonds is 6. The largest absolute Gasteiger partial charge is 0.466 e. The Hall–Kier alpha value is -1.42. The predicted octanol–water partition coefficient (Wildman–Crippen LogP) is 2.82. The second-order valence-corrected chi connectivity index (χ2v) is 4.35. The van der Waals surface area contributed by atoms with Crippen molar-refractivity contribution >= 4 is 5.97 Å². The molecule has 0 radical (unpaired) electrons. The van der Waals surface area contributed by atoms with Crippen LogP contribution in [-0.2, 0) is 9.53 Å². The number of carbonyl (C=O) groups excluding carboxylic acids is 1. The fourth-order valence-corrected chi connectivity index (χ4v) is 1.80. The first kappa shape index (κ1) is 14.6. The fourth-order valence-electron chi connectivity index (χ4n) is 1.80. The van der Waals surface area contributed by atoms with Crippen molar-refractivity contribution in [3.8, 4) is 0 Å². The standard InChI is InChI=1S/C14H20FNO2/c1-4-18-14(17)9-10(2)16-11(3)12-5-7-13(15)8-6-12/h5-8,10-11,16H,4,9H2,1-3H3/t10?,11-/m1/s1. The van der Waals surface area contributed by atoms with Crippen LogP contribution in [0, 0.1) is 5.82 Å². The molecule has 0 saturated heterocycles. The topological polar surface area (TPSA) is 38.3 Å². The quantitative estimate of drug-likeness (QED) is 0.792. The third kappa shape index (κ3) is 4.84. The van der Waals surface area contributed by atoms with Crippen molar-refractivity contribution in [1.29, 1.82) is 0 Å². The summed E-state index contributed by atoms with van der Waals surface area (Å²) in [5.74, 6) is -0.450. The van der Waals surface area contributed by atoms with Gasteiger partial charge in [-0.25, -0.2) is 4.39 Å². The Balaban J connectivity index is 2.46. The Labute approximate surface area is 107 Å². The van der Waals surface area contributed by atoms with Gasteiger partial charge in [-0.2, -0.15) is 0 Å². The average molecular weight is 253 g/mol. The fraction of sp³-hybridized carbons (Fsp3) is 0.500. The molecule has 0 heterocycles. The zero-order chi connectivity index (χ0) is 13.5. The molecule has 0 aliphatic heterocycles.